The van der Waals surface area contributed by atoms with Crippen molar-refractivity contribution in [3.63, 3.8) is 0 Å². The molecule has 0 bridgehead atoms. The van der Waals surface area contributed by atoms with Gasteiger partial charge in [-0.15, -0.1) is 0 Å². The molecule has 0 aliphatic heterocycles. The zero-order chi connectivity index (χ0) is 25.9. The Bertz CT molecular complexity index is 1130. The van der Waals surface area contributed by atoms with Gasteiger partial charge in [-0.05, 0) is 127 Å². The van der Waals surface area contributed by atoms with Crippen LogP contribution in [0.15, 0.2) is 36.4 Å². The van der Waals surface area contributed by atoms with E-state index in [2.05, 4.69) is 70.0 Å². The maximum atomic E-state index is 10.9. The van der Waals surface area contributed by atoms with Crippen LogP contribution in [-0.4, -0.2) is 18.2 Å². The zero-order valence-corrected chi connectivity index (χ0v) is 24.2. The molecule has 1 N–H and O–H groups in total. The molecule has 37 heavy (non-hydrogen) atoms. The molecule has 0 radical (unpaired) electrons. The summed E-state index contributed by atoms with van der Waals surface area (Å²) in [5.41, 5.74) is 2.12. The molecule has 9 atom stereocenters. The molecule has 4 saturated carbocycles. The van der Waals surface area contributed by atoms with Gasteiger partial charge in [-0.25, -0.2) is 0 Å². The summed E-state index contributed by atoms with van der Waals surface area (Å²) in [6.07, 6.45) is 15.5. The van der Waals surface area contributed by atoms with E-state index in [1.54, 1.807) is 0 Å². The Morgan fingerprint density at radius 3 is 2.38 bits per heavy atom. The van der Waals surface area contributed by atoms with E-state index in [9.17, 15) is 5.11 Å². The molecular weight excluding hydrogens is 450 g/mol. The summed E-state index contributed by atoms with van der Waals surface area (Å²) >= 11 is 0. The number of phenols is 1. The second kappa shape index (κ2) is 9.49. The summed E-state index contributed by atoms with van der Waals surface area (Å²) < 4.78 is 0. The SMILES string of the molecule is CCCC(C)[C@H]1CC[C@H]2[C@@H]3CCC4C[C@H](N(C)c5cc6ccccc6cc5O)CC[C@]4(C)[C@H]3CC[C@]12C. The first-order valence-corrected chi connectivity index (χ1v) is 15.7. The molecule has 4 fully saturated rings. The third-order valence-electron chi connectivity index (χ3n) is 12.9. The molecular formula is C35H51NO. The van der Waals surface area contributed by atoms with Crippen molar-refractivity contribution in [1.82, 2.24) is 0 Å². The van der Waals surface area contributed by atoms with E-state index in [0.717, 1.165) is 46.6 Å². The lowest BCUT2D eigenvalue weighted by atomic mass is 9.44. The zero-order valence-electron chi connectivity index (χ0n) is 24.2. The molecule has 2 heteroatoms. The van der Waals surface area contributed by atoms with Crippen LogP contribution in [0.1, 0.15) is 98.3 Å². The lowest BCUT2D eigenvalue weighted by Gasteiger charge is -2.62. The van der Waals surface area contributed by atoms with Crippen LogP contribution in [0.2, 0.25) is 0 Å². The Labute approximate surface area is 226 Å². The summed E-state index contributed by atoms with van der Waals surface area (Å²) in [6, 6.07) is 13.1. The number of aromatic hydroxyl groups is 1. The maximum Gasteiger partial charge on any atom is 0.139 e. The summed E-state index contributed by atoms with van der Waals surface area (Å²) in [5, 5.41) is 13.2. The second-order valence-corrected chi connectivity index (χ2v) is 14.4. The van der Waals surface area contributed by atoms with E-state index in [1.807, 2.05) is 6.07 Å². The monoisotopic (exact) mass is 501 g/mol. The van der Waals surface area contributed by atoms with E-state index in [1.165, 1.54) is 76.0 Å². The van der Waals surface area contributed by atoms with Gasteiger partial charge in [0, 0.05) is 13.1 Å². The van der Waals surface area contributed by atoms with Crippen LogP contribution < -0.4 is 4.90 Å². The lowest BCUT2D eigenvalue weighted by Crippen LogP contribution is -2.55. The van der Waals surface area contributed by atoms with Crippen molar-refractivity contribution in [2.24, 2.45) is 46.3 Å². The van der Waals surface area contributed by atoms with Crippen LogP contribution in [-0.2, 0) is 0 Å². The molecule has 4 aliphatic rings. The largest absolute Gasteiger partial charge is 0.506 e. The van der Waals surface area contributed by atoms with E-state index in [4.69, 9.17) is 0 Å². The molecule has 0 amide bonds. The van der Waals surface area contributed by atoms with Gasteiger partial charge in [-0.3, -0.25) is 0 Å². The molecule has 0 saturated heterocycles. The number of phenolic OH excluding ortho intramolecular Hbond substituents is 1. The predicted molar refractivity (Wildman–Crippen MR) is 157 cm³/mol. The van der Waals surface area contributed by atoms with Gasteiger partial charge in [0.05, 0.1) is 5.69 Å². The van der Waals surface area contributed by atoms with Crippen molar-refractivity contribution in [1.29, 1.82) is 0 Å². The van der Waals surface area contributed by atoms with Crippen molar-refractivity contribution < 1.29 is 5.11 Å². The molecule has 0 aromatic heterocycles. The van der Waals surface area contributed by atoms with Gasteiger partial charge < -0.3 is 10.0 Å². The topological polar surface area (TPSA) is 23.5 Å². The lowest BCUT2D eigenvalue weighted by molar-refractivity contribution is -0.116. The number of hydrogen-bond donors (Lipinski definition) is 1. The fourth-order valence-corrected chi connectivity index (χ4v) is 10.9. The first-order chi connectivity index (χ1) is 17.8. The third kappa shape index (κ3) is 4.02. The van der Waals surface area contributed by atoms with Gasteiger partial charge in [0.15, 0.2) is 0 Å². The quantitative estimate of drug-likeness (QED) is 0.441. The van der Waals surface area contributed by atoms with Crippen molar-refractivity contribution in [3.8, 4) is 5.75 Å². The summed E-state index contributed by atoms with van der Waals surface area (Å²) in [7, 11) is 2.23. The smallest absolute Gasteiger partial charge is 0.139 e. The van der Waals surface area contributed by atoms with Crippen molar-refractivity contribution in [3.05, 3.63) is 36.4 Å². The molecule has 0 heterocycles. The minimum absolute atomic E-state index is 0.429. The molecule has 2 aromatic carbocycles. The van der Waals surface area contributed by atoms with E-state index >= 15 is 0 Å². The molecule has 2 aromatic rings. The highest BCUT2D eigenvalue weighted by Gasteiger charge is 2.60. The normalized spacial score (nSPS) is 40.0. The minimum Gasteiger partial charge on any atom is -0.506 e. The first-order valence-electron chi connectivity index (χ1n) is 15.7. The van der Waals surface area contributed by atoms with E-state index < -0.39 is 0 Å². The molecule has 6 rings (SSSR count). The Morgan fingerprint density at radius 2 is 1.62 bits per heavy atom. The molecule has 0 spiro atoms. The highest BCUT2D eigenvalue weighted by Crippen LogP contribution is 2.68. The Morgan fingerprint density at radius 1 is 0.919 bits per heavy atom. The van der Waals surface area contributed by atoms with Gasteiger partial charge in [-0.1, -0.05) is 64.8 Å². The van der Waals surface area contributed by atoms with Gasteiger partial charge in [-0.2, -0.15) is 0 Å². The number of benzene rings is 2. The van der Waals surface area contributed by atoms with Gasteiger partial charge in [0.2, 0.25) is 0 Å². The number of hydrogen-bond acceptors (Lipinski definition) is 2. The standard InChI is InChI=1S/C35H51NO/c1-6-9-23(2)29-14-15-30-28-13-12-26-22-27(16-18-34(26,3)31(28)17-19-35(29,30)4)36(5)32-20-24-10-7-8-11-25(24)21-33(32)37/h7-8,10-11,20-21,23,26-31,37H,6,9,12-19,22H2,1-5H3/t23?,26?,27-,28+,29-,30+,31+,34+,35-/m1/s1. The second-order valence-electron chi connectivity index (χ2n) is 14.4. The van der Waals surface area contributed by atoms with Gasteiger partial charge >= 0.3 is 0 Å². The highest BCUT2D eigenvalue weighted by molar-refractivity contribution is 5.88. The number of nitrogens with zero attached hydrogens (tertiary/aromatic N) is 1. The summed E-state index contributed by atoms with van der Waals surface area (Å²) in [4.78, 5) is 2.42. The van der Waals surface area contributed by atoms with Crippen LogP contribution in [0.25, 0.3) is 10.8 Å². The molecule has 202 valence electrons. The summed E-state index contributed by atoms with van der Waals surface area (Å²) in [6.45, 7) is 10.4. The Hall–Kier alpha value is -1.70. The van der Waals surface area contributed by atoms with Crippen molar-refractivity contribution in [2.45, 2.75) is 104 Å². The van der Waals surface area contributed by atoms with Gasteiger partial charge in [0.25, 0.3) is 0 Å². The fourth-order valence-electron chi connectivity index (χ4n) is 10.9. The van der Waals surface area contributed by atoms with Crippen LogP contribution in [0, 0.1) is 46.3 Å². The maximum absolute atomic E-state index is 10.9. The average molecular weight is 502 g/mol. The van der Waals surface area contributed by atoms with Gasteiger partial charge in [0.1, 0.15) is 5.75 Å². The predicted octanol–water partition coefficient (Wildman–Crippen LogP) is 9.45. The third-order valence-corrected chi connectivity index (χ3v) is 12.9. The van der Waals surface area contributed by atoms with E-state index in [-0.39, 0.29) is 0 Å². The first kappa shape index (κ1) is 25.6. The van der Waals surface area contributed by atoms with Crippen LogP contribution >= 0.6 is 0 Å². The van der Waals surface area contributed by atoms with Crippen molar-refractivity contribution in [2.75, 3.05) is 11.9 Å². The number of anilines is 1. The molecule has 2 nitrogen and oxygen atoms in total. The van der Waals surface area contributed by atoms with E-state index in [0.29, 0.717) is 22.6 Å². The van der Waals surface area contributed by atoms with Crippen molar-refractivity contribution >= 4 is 16.5 Å². The minimum atomic E-state index is 0.429. The Balaban J connectivity index is 1.19. The summed E-state index contributed by atoms with van der Waals surface area (Å²) in [5.74, 6) is 6.01. The van der Waals surface area contributed by atoms with Crippen LogP contribution in [0.4, 0.5) is 5.69 Å². The number of rotatable bonds is 5. The molecule has 2 unspecified atom stereocenters. The highest BCUT2D eigenvalue weighted by atomic mass is 16.3. The van der Waals surface area contributed by atoms with Crippen LogP contribution in [0.5, 0.6) is 5.75 Å². The Kier molecular flexibility index (Phi) is 6.56. The fraction of sp³-hybridized carbons (Fsp3) is 0.714. The van der Waals surface area contributed by atoms with Crippen LogP contribution in [0.3, 0.4) is 0 Å². The molecule has 4 aliphatic carbocycles. The number of fused-ring (bicyclic) bond motifs is 6. The average Bonchev–Trinajstić information content (AvgIpc) is 3.25.